The lowest BCUT2D eigenvalue weighted by atomic mass is 10.2. The van der Waals surface area contributed by atoms with E-state index in [0.29, 0.717) is 13.0 Å². The van der Waals surface area contributed by atoms with E-state index in [1.807, 2.05) is 30.3 Å². The molecule has 0 aliphatic carbocycles. The quantitative estimate of drug-likeness (QED) is 0.497. The van der Waals surface area contributed by atoms with Gasteiger partial charge in [0.25, 0.3) is 0 Å². The first-order valence-electron chi connectivity index (χ1n) is 7.96. The third-order valence-electron chi connectivity index (χ3n) is 3.80. The molecular formula is C17H22ClN3O5S. The van der Waals surface area contributed by atoms with Crippen LogP contribution < -0.4 is 10.5 Å². The lowest BCUT2D eigenvalue weighted by molar-refractivity contribution is -0.385. The van der Waals surface area contributed by atoms with Gasteiger partial charge in [0.05, 0.1) is 16.9 Å². The normalized spacial score (nSPS) is 11.1. The van der Waals surface area contributed by atoms with Gasteiger partial charge in [-0.1, -0.05) is 30.3 Å². The first-order chi connectivity index (χ1) is 12.4. The predicted octanol–water partition coefficient (Wildman–Crippen LogP) is 2.56. The molecule has 0 aliphatic heterocycles. The van der Waals surface area contributed by atoms with Gasteiger partial charge in [0, 0.05) is 25.2 Å². The van der Waals surface area contributed by atoms with E-state index < -0.39 is 14.9 Å². The maximum absolute atomic E-state index is 13.1. The van der Waals surface area contributed by atoms with Crippen molar-refractivity contribution < 1.29 is 18.1 Å². The van der Waals surface area contributed by atoms with Crippen LogP contribution in [0.1, 0.15) is 12.0 Å². The second kappa shape index (κ2) is 10.2. The number of nitrogens with two attached hydrogens (primary N) is 1. The average Bonchev–Trinajstić information content (AvgIpc) is 2.65. The zero-order valence-electron chi connectivity index (χ0n) is 14.8. The lowest BCUT2D eigenvalue weighted by Crippen LogP contribution is -2.32. The van der Waals surface area contributed by atoms with Crippen molar-refractivity contribution in [1.82, 2.24) is 4.31 Å². The van der Waals surface area contributed by atoms with Crippen molar-refractivity contribution in [2.45, 2.75) is 17.9 Å². The van der Waals surface area contributed by atoms with E-state index in [9.17, 15) is 18.5 Å². The Morgan fingerprint density at radius 3 is 2.41 bits per heavy atom. The number of benzene rings is 2. The van der Waals surface area contributed by atoms with Crippen LogP contribution in [0.2, 0.25) is 0 Å². The SMILES string of the molecule is COc1cc(S(=O)(=O)N(CCCN)Cc2ccccc2)ccc1[N+](=O)[O-].Cl. The van der Waals surface area contributed by atoms with Crippen molar-refractivity contribution in [2.75, 3.05) is 20.2 Å². The molecule has 0 aromatic heterocycles. The Labute approximate surface area is 164 Å². The largest absolute Gasteiger partial charge is 0.490 e. The average molecular weight is 416 g/mol. The molecule has 0 bridgehead atoms. The summed E-state index contributed by atoms with van der Waals surface area (Å²) in [6.45, 7) is 0.778. The van der Waals surface area contributed by atoms with Gasteiger partial charge >= 0.3 is 5.69 Å². The predicted molar refractivity (Wildman–Crippen MR) is 105 cm³/mol. The van der Waals surface area contributed by atoms with Crippen molar-refractivity contribution in [2.24, 2.45) is 5.73 Å². The van der Waals surface area contributed by atoms with Crippen LogP contribution in [0.4, 0.5) is 5.69 Å². The second-order valence-electron chi connectivity index (χ2n) is 5.56. The molecule has 2 aromatic rings. The fourth-order valence-corrected chi connectivity index (χ4v) is 3.94. The van der Waals surface area contributed by atoms with Crippen LogP contribution in [-0.4, -0.2) is 37.8 Å². The van der Waals surface area contributed by atoms with Gasteiger partial charge in [0.15, 0.2) is 5.75 Å². The molecule has 0 amide bonds. The molecule has 2 rings (SSSR count). The zero-order chi connectivity index (χ0) is 19.2. The molecule has 10 heteroatoms. The zero-order valence-corrected chi connectivity index (χ0v) is 16.4. The van der Waals surface area contributed by atoms with Crippen molar-refractivity contribution in [1.29, 1.82) is 0 Å². The highest BCUT2D eigenvalue weighted by Gasteiger charge is 2.27. The van der Waals surface area contributed by atoms with Crippen LogP contribution in [0.3, 0.4) is 0 Å². The number of ether oxygens (including phenoxy) is 1. The molecule has 0 saturated heterocycles. The number of rotatable bonds is 9. The molecule has 0 atom stereocenters. The number of methoxy groups -OCH3 is 1. The summed E-state index contributed by atoms with van der Waals surface area (Å²) in [5.41, 5.74) is 6.08. The molecule has 0 fully saturated rings. The topological polar surface area (TPSA) is 116 Å². The van der Waals surface area contributed by atoms with Crippen molar-refractivity contribution in [3.05, 3.63) is 64.2 Å². The monoisotopic (exact) mass is 415 g/mol. The third kappa shape index (κ3) is 5.64. The first-order valence-corrected chi connectivity index (χ1v) is 9.40. The fraction of sp³-hybridized carbons (Fsp3) is 0.294. The number of nitrogens with zero attached hydrogens (tertiary/aromatic N) is 2. The standard InChI is InChI=1S/C17H21N3O5S.ClH/c1-25-17-12-15(8-9-16(17)20(21)22)26(23,24)19(11-5-10-18)13-14-6-3-2-4-7-14;/h2-4,6-9,12H,5,10-11,13,18H2,1H3;1H. The lowest BCUT2D eigenvalue weighted by Gasteiger charge is -2.22. The summed E-state index contributed by atoms with van der Waals surface area (Å²) in [4.78, 5) is 10.3. The number of sulfonamides is 1. The Balaban J connectivity index is 0.00000364. The van der Waals surface area contributed by atoms with Gasteiger partial charge in [-0.25, -0.2) is 8.42 Å². The number of hydrogen-bond donors (Lipinski definition) is 1. The molecule has 8 nitrogen and oxygen atoms in total. The van der Waals surface area contributed by atoms with Gasteiger partial charge in [0.1, 0.15) is 0 Å². The Kier molecular flexibility index (Phi) is 8.64. The minimum atomic E-state index is -3.87. The van der Waals surface area contributed by atoms with Crippen LogP contribution in [-0.2, 0) is 16.6 Å². The van der Waals surface area contributed by atoms with E-state index in [2.05, 4.69) is 0 Å². The van der Waals surface area contributed by atoms with Crippen molar-refractivity contribution >= 4 is 28.1 Å². The third-order valence-corrected chi connectivity index (χ3v) is 5.64. The molecule has 0 unspecified atom stereocenters. The molecular weight excluding hydrogens is 394 g/mol. The highest BCUT2D eigenvalue weighted by molar-refractivity contribution is 7.89. The molecule has 2 aromatic carbocycles. The van der Waals surface area contributed by atoms with Gasteiger partial charge in [-0.3, -0.25) is 10.1 Å². The van der Waals surface area contributed by atoms with Gasteiger partial charge in [0.2, 0.25) is 10.0 Å². The summed E-state index contributed by atoms with van der Waals surface area (Å²) in [6, 6.07) is 12.7. The fourth-order valence-electron chi connectivity index (χ4n) is 2.46. The van der Waals surface area contributed by atoms with E-state index in [0.717, 1.165) is 11.6 Å². The van der Waals surface area contributed by atoms with Crippen LogP contribution in [0, 0.1) is 10.1 Å². The number of nitro groups is 1. The van der Waals surface area contributed by atoms with Gasteiger partial charge in [-0.05, 0) is 24.6 Å². The number of hydrogen-bond acceptors (Lipinski definition) is 6. The molecule has 0 aliphatic rings. The molecule has 0 spiro atoms. The summed E-state index contributed by atoms with van der Waals surface area (Å²) in [5.74, 6) is -0.102. The van der Waals surface area contributed by atoms with E-state index in [-0.39, 0.29) is 41.8 Å². The Bertz CT molecular complexity index is 862. The van der Waals surface area contributed by atoms with E-state index in [1.165, 1.54) is 23.5 Å². The maximum Gasteiger partial charge on any atom is 0.310 e. The molecule has 0 heterocycles. The molecule has 2 N–H and O–H groups in total. The summed E-state index contributed by atoms with van der Waals surface area (Å²) < 4.78 is 32.4. The van der Waals surface area contributed by atoms with Gasteiger partial charge in [-0.15, -0.1) is 12.4 Å². The Hall–Kier alpha value is -2.20. The molecule has 148 valence electrons. The summed E-state index contributed by atoms with van der Waals surface area (Å²) in [7, 11) is -2.61. The number of halogens is 1. The Morgan fingerprint density at radius 2 is 1.85 bits per heavy atom. The smallest absolute Gasteiger partial charge is 0.310 e. The Morgan fingerprint density at radius 1 is 1.19 bits per heavy atom. The van der Waals surface area contributed by atoms with E-state index >= 15 is 0 Å². The van der Waals surface area contributed by atoms with Gasteiger partial charge < -0.3 is 10.5 Å². The first kappa shape index (κ1) is 22.8. The van der Waals surface area contributed by atoms with Crippen LogP contribution in [0.25, 0.3) is 0 Å². The van der Waals surface area contributed by atoms with Crippen LogP contribution in [0.5, 0.6) is 5.75 Å². The van der Waals surface area contributed by atoms with Crippen LogP contribution >= 0.6 is 12.4 Å². The van der Waals surface area contributed by atoms with Crippen molar-refractivity contribution in [3.63, 3.8) is 0 Å². The second-order valence-corrected chi connectivity index (χ2v) is 7.50. The molecule has 0 radical (unpaired) electrons. The summed E-state index contributed by atoms with van der Waals surface area (Å²) >= 11 is 0. The molecule has 27 heavy (non-hydrogen) atoms. The highest BCUT2D eigenvalue weighted by atomic mass is 35.5. The van der Waals surface area contributed by atoms with Crippen LogP contribution in [0.15, 0.2) is 53.4 Å². The minimum absolute atomic E-state index is 0. The highest BCUT2D eigenvalue weighted by Crippen LogP contribution is 2.31. The summed E-state index contributed by atoms with van der Waals surface area (Å²) in [5, 5.41) is 11.0. The van der Waals surface area contributed by atoms with E-state index in [4.69, 9.17) is 10.5 Å². The maximum atomic E-state index is 13.1. The molecule has 0 saturated carbocycles. The van der Waals surface area contributed by atoms with Crippen molar-refractivity contribution in [3.8, 4) is 5.75 Å². The van der Waals surface area contributed by atoms with E-state index in [1.54, 1.807) is 0 Å². The van der Waals surface area contributed by atoms with Gasteiger partial charge in [-0.2, -0.15) is 4.31 Å². The summed E-state index contributed by atoms with van der Waals surface area (Å²) in [6.07, 6.45) is 0.496. The number of nitro benzene ring substituents is 1. The minimum Gasteiger partial charge on any atom is -0.490 e.